The Morgan fingerprint density at radius 2 is 1.45 bits per heavy atom. The van der Waals surface area contributed by atoms with Gasteiger partial charge in [0.15, 0.2) is 0 Å². The van der Waals surface area contributed by atoms with E-state index in [0.717, 1.165) is 50.2 Å². The van der Waals surface area contributed by atoms with E-state index in [9.17, 15) is 0 Å². The third kappa shape index (κ3) is 3.10. The summed E-state index contributed by atoms with van der Waals surface area (Å²) in [6.45, 7) is 0. The summed E-state index contributed by atoms with van der Waals surface area (Å²) < 4.78 is 4.53. The summed E-state index contributed by atoms with van der Waals surface area (Å²) in [7, 11) is 0. The van der Waals surface area contributed by atoms with E-state index < -0.39 is 0 Å². The van der Waals surface area contributed by atoms with Crippen molar-refractivity contribution in [2.75, 3.05) is 0 Å². The molecule has 0 fully saturated rings. The number of rotatable bonds is 3. The molecule has 0 atom stereocenters. The molecule has 0 amide bonds. The molecule has 4 aromatic carbocycles. The predicted octanol–water partition coefficient (Wildman–Crippen LogP) is 8.34. The Morgan fingerprint density at radius 3 is 2.37 bits per heavy atom. The Hall–Kier alpha value is -5.22. The molecule has 4 heteroatoms. The highest BCUT2D eigenvalue weighted by Crippen LogP contribution is 2.37. The summed E-state index contributed by atoms with van der Waals surface area (Å²) in [5, 5.41) is 4.76. The fourth-order valence-corrected chi connectivity index (χ4v) is 5.65. The standard InChI is InChI=1S/C34H22N4/c1-2-9-24(10-3-1)29-12-6-14-32(36-29)38-31-13-7-20-35-33(31)28-17-18-30-27(34(28)38)19-21-37(30)26-16-15-23-8-4-5-11-25(23)22-26/h1-22H. The second-order valence-electron chi connectivity index (χ2n) is 9.57. The minimum atomic E-state index is 0.880. The van der Waals surface area contributed by atoms with Crippen molar-refractivity contribution in [1.29, 1.82) is 0 Å². The number of benzene rings is 4. The van der Waals surface area contributed by atoms with Crippen LogP contribution in [0.5, 0.6) is 0 Å². The average Bonchev–Trinajstić information content (AvgIpc) is 3.57. The van der Waals surface area contributed by atoms with E-state index in [2.05, 4.69) is 112 Å². The van der Waals surface area contributed by atoms with Crippen molar-refractivity contribution >= 4 is 43.6 Å². The molecular formula is C34H22N4. The fraction of sp³-hybridized carbons (Fsp3) is 0. The van der Waals surface area contributed by atoms with Crippen LogP contribution in [0.25, 0.3) is 66.4 Å². The Morgan fingerprint density at radius 1 is 0.579 bits per heavy atom. The summed E-state index contributed by atoms with van der Waals surface area (Å²) in [5.41, 5.74) is 7.48. The van der Waals surface area contributed by atoms with Crippen LogP contribution in [0.15, 0.2) is 134 Å². The molecule has 4 aromatic heterocycles. The molecule has 38 heavy (non-hydrogen) atoms. The second kappa shape index (κ2) is 8.15. The quantitative estimate of drug-likeness (QED) is 0.252. The molecule has 0 aliphatic rings. The molecule has 4 nitrogen and oxygen atoms in total. The highest BCUT2D eigenvalue weighted by atomic mass is 15.1. The van der Waals surface area contributed by atoms with E-state index in [4.69, 9.17) is 9.97 Å². The molecule has 0 aliphatic carbocycles. The van der Waals surface area contributed by atoms with Crippen molar-refractivity contribution in [3.8, 4) is 22.8 Å². The third-order valence-electron chi connectivity index (χ3n) is 7.39. The molecule has 0 saturated carbocycles. The lowest BCUT2D eigenvalue weighted by Gasteiger charge is -2.11. The molecule has 8 rings (SSSR count). The second-order valence-corrected chi connectivity index (χ2v) is 9.57. The molecule has 0 aliphatic heterocycles. The largest absolute Gasteiger partial charge is 0.316 e. The van der Waals surface area contributed by atoms with Crippen molar-refractivity contribution in [2.45, 2.75) is 0 Å². The number of hydrogen-bond donors (Lipinski definition) is 0. The van der Waals surface area contributed by atoms with E-state index in [0.29, 0.717) is 0 Å². The van der Waals surface area contributed by atoms with Crippen molar-refractivity contribution in [3.05, 3.63) is 134 Å². The van der Waals surface area contributed by atoms with Gasteiger partial charge in [-0.25, -0.2) is 4.98 Å². The summed E-state index contributed by atoms with van der Waals surface area (Å²) >= 11 is 0. The first kappa shape index (κ1) is 20.9. The summed E-state index contributed by atoms with van der Waals surface area (Å²) in [5.74, 6) is 0.880. The van der Waals surface area contributed by atoms with Crippen molar-refractivity contribution in [2.24, 2.45) is 0 Å². The summed E-state index contributed by atoms with van der Waals surface area (Å²) in [6.07, 6.45) is 4.03. The highest BCUT2D eigenvalue weighted by Gasteiger charge is 2.18. The molecule has 8 aromatic rings. The van der Waals surface area contributed by atoms with Crippen LogP contribution < -0.4 is 0 Å². The topological polar surface area (TPSA) is 35.6 Å². The maximum Gasteiger partial charge on any atom is 0.138 e. The van der Waals surface area contributed by atoms with Gasteiger partial charge in [-0.2, -0.15) is 0 Å². The van der Waals surface area contributed by atoms with Gasteiger partial charge in [0, 0.05) is 34.4 Å². The lowest BCUT2D eigenvalue weighted by atomic mass is 10.1. The minimum absolute atomic E-state index is 0.880. The minimum Gasteiger partial charge on any atom is -0.316 e. The van der Waals surface area contributed by atoms with Crippen molar-refractivity contribution in [3.63, 3.8) is 0 Å². The Bertz CT molecular complexity index is 2130. The first-order valence-corrected chi connectivity index (χ1v) is 12.8. The number of aromatic nitrogens is 4. The van der Waals surface area contributed by atoms with Gasteiger partial charge >= 0.3 is 0 Å². The van der Waals surface area contributed by atoms with Crippen LogP contribution in [0.4, 0.5) is 0 Å². The number of pyridine rings is 2. The van der Waals surface area contributed by atoms with Crippen molar-refractivity contribution < 1.29 is 0 Å². The van der Waals surface area contributed by atoms with E-state index in [-0.39, 0.29) is 0 Å². The van der Waals surface area contributed by atoms with Gasteiger partial charge in [-0.1, -0.05) is 66.7 Å². The van der Waals surface area contributed by atoms with Gasteiger partial charge in [0.25, 0.3) is 0 Å². The lowest BCUT2D eigenvalue weighted by Crippen LogP contribution is -1.99. The normalized spacial score (nSPS) is 11.7. The molecular weight excluding hydrogens is 464 g/mol. The highest BCUT2D eigenvalue weighted by molar-refractivity contribution is 6.17. The van der Waals surface area contributed by atoms with Crippen LogP contribution in [0.2, 0.25) is 0 Å². The summed E-state index contributed by atoms with van der Waals surface area (Å²) in [4.78, 5) is 9.91. The molecule has 178 valence electrons. The van der Waals surface area contributed by atoms with Crippen LogP contribution in [-0.4, -0.2) is 19.1 Å². The van der Waals surface area contributed by atoms with Gasteiger partial charge in [-0.3, -0.25) is 9.55 Å². The molecule has 0 radical (unpaired) electrons. The van der Waals surface area contributed by atoms with Gasteiger partial charge in [0.05, 0.1) is 27.8 Å². The van der Waals surface area contributed by atoms with Gasteiger partial charge in [0.1, 0.15) is 5.82 Å². The third-order valence-corrected chi connectivity index (χ3v) is 7.39. The number of hydrogen-bond acceptors (Lipinski definition) is 2. The fourth-order valence-electron chi connectivity index (χ4n) is 5.65. The lowest BCUT2D eigenvalue weighted by molar-refractivity contribution is 1.08. The van der Waals surface area contributed by atoms with Gasteiger partial charge in [-0.05, 0) is 65.4 Å². The smallest absolute Gasteiger partial charge is 0.138 e. The molecule has 0 saturated heterocycles. The van der Waals surface area contributed by atoms with Crippen molar-refractivity contribution in [1.82, 2.24) is 19.1 Å². The van der Waals surface area contributed by atoms with Crippen LogP contribution in [0, 0.1) is 0 Å². The Labute approximate surface area is 219 Å². The maximum atomic E-state index is 5.12. The molecule has 0 bridgehead atoms. The van der Waals surface area contributed by atoms with E-state index >= 15 is 0 Å². The summed E-state index contributed by atoms with van der Waals surface area (Å²) in [6, 6.07) is 42.4. The molecule has 0 spiro atoms. The van der Waals surface area contributed by atoms with E-state index in [1.54, 1.807) is 0 Å². The average molecular weight is 487 g/mol. The zero-order chi connectivity index (χ0) is 25.1. The maximum absolute atomic E-state index is 5.12. The zero-order valence-corrected chi connectivity index (χ0v) is 20.5. The molecule has 4 heterocycles. The van der Waals surface area contributed by atoms with Crippen LogP contribution in [0.3, 0.4) is 0 Å². The van der Waals surface area contributed by atoms with Crippen LogP contribution >= 0.6 is 0 Å². The predicted molar refractivity (Wildman–Crippen MR) is 156 cm³/mol. The van der Waals surface area contributed by atoms with Gasteiger partial charge in [-0.15, -0.1) is 0 Å². The first-order chi connectivity index (χ1) is 18.8. The van der Waals surface area contributed by atoms with Gasteiger partial charge in [0.2, 0.25) is 0 Å². The SMILES string of the molecule is c1ccc(-c2cccc(-n3c4cccnc4c4ccc5c(ccn5-c5ccc6ccccc6c5)c43)n2)cc1. The van der Waals surface area contributed by atoms with Crippen LogP contribution in [-0.2, 0) is 0 Å². The number of fused-ring (bicyclic) bond motifs is 6. The molecule has 0 unspecified atom stereocenters. The Kier molecular flexibility index (Phi) is 4.49. The van der Waals surface area contributed by atoms with Crippen LogP contribution in [0.1, 0.15) is 0 Å². The number of nitrogens with zero attached hydrogens (tertiary/aromatic N) is 4. The van der Waals surface area contributed by atoms with E-state index in [1.165, 1.54) is 16.2 Å². The Balaban J connectivity index is 1.41. The molecule has 0 N–H and O–H groups in total. The van der Waals surface area contributed by atoms with E-state index in [1.807, 2.05) is 30.5 Å². The zero-order valence-electron chi connectivity index (χ0n) is 20.5. The van der Waals surface area contributed by atoms with Gasteiger partial charge < -0.3 is 4.57 Å². The first-order valence-electron chi connectivity index (χ1n) is 12.8. The monoisotopic (exact) mass is 486 g/mol.